The van der Waals surface area contributed by atoms with E-state index in [4.69, 9.17) is 11.6 Å². The van der Waals surface area contributed by atoms with E-state index in [0.717, 1.165) is 5.02 Å². The molecule has 1 rings (SSSR count). The Bertz CT molecular complexity index is 321. The van der Waals surface area contributed by atoms with Crippen LogP contribution in [-0.4, -0.2) is 7.05 Å². The van der Waals surface area contributed by atoms with Crippen molar-refractivity contribution < 1.29 is 0 Å². The Morgan fingerprint density at radius 2 is 1.41 bits per heavy atom. The summed E-state index contributed by atoms with van der Waals surface area (Å²) in [5.41, 5.74) is 1.32. The van der Waals surface area contributed by atoms with Gasteiger partial charge in [0.2, 0.25) is 0 Å². The van der Waals surface area contributed by atoms with Crippen LogP contribution in [0.3, 0.4) is 0 Å². The lowest BCUT2D eigenvalue weighted by molar-refractivity contribution is 0.217. The maximum atomic E-state index is 5.94. The topological polar surface area (TPSA) is 12.0 Å². The third-order valence-corrected chi connectivity index (χ3v) is 3.72. The third-order valence-electron chi connectivity index (χ3n) is 3.46. The number of hydrogen-bond donors (Lipinski definition) is 1. The number of nitrogens with one attached hydrogen (secondary N) is 1. The molecule has 17 heavy (non-hydrogen) atoms. The van der Waals surface area contributed by atoms with Gasteiger partial charge in [0.15, 0.2) is 0 Å². The second-order valence-corrected chi connectivity index (χ2v) is 5.82. The van der Waals surface area contributed by atoms with E-state index >= 15 is 0 Å². The molecule has 0 aromatic heterocycles. The predicted molar refractivity (Wildman–Crippen MR) is 76.4 cm³/mol. The van der Waals surface area contributed by atoms with Crippen LogP contribution in [0.15, 0.2) is 24.3 Å². The van der Waals surface area contributed by atoms with Gasteiger partial charge in [-0.05, 0) is 42.5 Å². The lowest BCUT2D eigenvalue weighted by atomic mass is 9.77. The molecule has 0 spiro atoms. The van der Waals surface area contributed by atoms with Crippen LogP contribution in [0.25, 0.3) is 0 Å². The van der Waals surface area contributed by atoms with Crippen molar-refractivity contribution in [3.63, 3.8) is 0 Å². The first-order chi connectivity index (χ1) is 7.97. The summed E-state index contributed by atoms with van der Waals surface area (Å²) in [5.74, 6) is 1.94. The third kappa shape index (κ3) is 3.72. The maximum absolute atomic E-state index is 5.94. The highest BCUT2D eigenvalue weighted by atomic mass is 35.5. The molecule has 1 N–H and O–H groups in total. The Hall–Kier alpha value is -0.530. The molecule has 0 saturated heterocycles. The van der Waals surface area contributed by atoms with Crippen molar-refractivity contribution in [2.24, 2.45) is 17.8 Å². The summed E-state index contributed by atoms with van der Waals surface area (Å²) in [7, 11) is 2.04. The average molecular weight is 254 g/mol. The van der Waals surface area contributed by atoms with Crippen molar-refractivity contribution in [2.75, 3.05) is 7.05 Å². The summed E-state index contributed by atoms with van der Waals surface area (Å²) in [6.07, 6.45) is 0. The van der Waals surface area contributed by atoms with Crippen molar-refractivity contribution in [2.45, 2.75) is 33.7 Å². The SMILES string of the molecule is CNC(c1ccc(Cl)cc1)C(C(C)C)C(C)C. The first kappa shape index (κ1) is 14.5. The maximum Gasteiger partial charge on any atom is 0.0406 e. The Morgan fingerprint density at radius 3 is 1.76 bits per heavy atom. The molecule has 1 atom stereocenters. The Morgan fingerprint density at radius 1 is 0.941 bits per heavy atom. The van der Waals surface area contributed by atoms with Crippen LogP contribution in [0.1, 0.15) is 39.3 Å². The van der Waals surface area contributed by atoms with Crippen LogP contribution in [-0.2, 0) is 0 Å². The zero-order valence-electron chi connectivity index (χ0n) is 11.5. The van der Waals surface area contributed by atoms with Gasteiger partial charge in [-0.25, -0.2) is 0 Å². The first-order valence-corrected chi connectivity index (χ1v) is 6.78. The summed E-state index contributed by atoms with van der Waals surface area (Å²) in [6, 6.07) is 8.59. The fraction of sp³-hybridized carbons (Fsp3) is 0.600. The molecule has 2 heteroatoms. The number of benzene rings is 1. The van der Waals surface area contributed by atoms with E-state index in [0.29, 0.717) is 23.8 Å². The molecular weight excluding hydrogens is 230 g/mol. The van der Waals surface area contributed by atoms with Gasteiger partial charge in [0.25, 0.3) is 0 Å². The fourth-order valence-electron chi connectivity index (χ4n) is 2.79. The highest BCUT2D eigenvalue weighted by molar-refractivity contribution is 6.30. The molecule has 0 bridgehead atoms. The van der Waals surface area contributed by atoms with Crippen molar-refractivity contribution in [3.8, 4) is 0 Å². The summed E-state index contributed by atoms with van der Waals surface area (Å²) in [4.78, 5) is 0. The highest BCUT2D eigenvalue weighted by Crippen LogP contribution is 2.34. The van der Waals surface area contributed by atoms with Crippen molar-refractivity contribution in [1.82, 2.24) is 5.32 Å². The molecule has 0 amide bonds. The minimum atomic E-state index is 0.396. The Balaban J connectivity index is 3.00. The molecule has 96 valence electrons. The zero-order valence-corrected chi connectivity index (χ0v) is 12.3. The van der Waals surface area contributed by atoms with Gasteiger partial charge in [0.05, 0.1) is 0 Å². The van der Waals surface area contributed by atoms with Gasteiger partial charge in [-0.3, -0.25) is 0 Å². The largest absolute Gasteiger partial charge is 0.313 e. The van der Waals surface area contributed by atoms with Crippen LogP contribution < -0.4 is 5.32 Å². The molecule has 1 aromatic carbocycles. The zero-order chi connectivity index (χ0) is 13.0. The number of hydrogen-bond acceptors (Lipinski definition) is 1. The normalized spacial score (nSPS) is 13.7. The predicted octanol–water partition coefficient (Wildman–Crippen LogP) is 4.53. The van der Waals surface area contributed by atoms with Crippen LogP contribution in [0.2, 0.25) is 5.02 Å². The van der Waals surface area contributed by atoms with E-state index in [-0.39, 0.29) is 0 Å². The minimum Gasteiger partial charge on any atom is -0.313 e. The van der Waals surface area contributed by atoms with Crippen molar-refractivity contribution in [1.29, 1.82) is 0 Å². The average Bonchev–Trinajstić information content (AvgIpc) is 2.26. The molecule has 1 aromatic rings. The number of halogens is 1. The van der Waals surface area contributed by atoms with E-state index < -0.39 is 0 Å². The van der Waals surface area contributed by atoms with Gasteiger partial charge in [-0.1, -0.05) is 51.4 Å². The van der Waals surface area contributed by atoms with Gasteiger partial charge >= 0.3 is 0 Å². The summed E-state index contributed by atoms with van der Waals surface area (Å²) >= 11 is 5.94. The minimum absolute atomic E-state index is 0.396. The molecule has 0 aliphatic heterocycles. The lowest BCUT2D eigenvalue weighted by Crippen LogP contribution is -2.32. The summed E-state index contributed by atoms with van der Waals surface area (Å²) < 4.78 is 0. The van der Waals surface area contributed by atoms with Crippen LogP contribution in [0.4, 0.5) is 0 Å². The van der Waals surface area contributed by atoms with E-state index in [1.165, 1.54) is 5.56 Å². The number of rotatable bonds is 5. The molecular formula is C15H24ClN. The fourth-order valence-corrected chi connectivity index (χ4v) is 2.92. The van der Waals surface area contributed by atoms with E-state index in [1.54, 1.807) is 0 Å². The lowest BCUT2D eigenvalue weighted by Gasteiger charge is -2.33. The van der Waals surface area contributed by atoms with Gasteiger partial charge in [0, 0.05) is 11.1 Å². The Labute approximate surface area is 111 Å². The standard InChI is InChI=1S/C15H24ClN/c1-10(2)14(11(3)4)15(17-5)12-6-8-13(16)9-7-12/h6-11,14-15,17H,1-5H3. The molecule has 0 aliphatic rings. The van der Waals surface area contributed by atoms with E-state index in [1.807, 2.05) is 19.2 Å². The molecule has 1 unspecified atom stereocenters. The van der Waals surface area contributed by atoms with Crippen LogP contribution >= 0.6 is 11.6 Å². The van der Waals surface area contributed by atoms with Gasteiger partial charge in [-0.2, -0.15) is 0 Å². The smallest absolute Gasteiger partial charge is 0.0406 e. The quantitative estimate of drug-likeness (QED) is 0.813. The van der Waals surface area contributed by atoms with Crippen LogP contribution in [0, 0.1) is 17.8 Å². The Kier molecular flexibility index (Phi) is 5.48. The van der Waals surface area contributed by atoms with Crippen molar-refractivity contribution >= 4 is 11.6 Å². The van der Waals surface area contributed by atoms with Gasteiger partial charge in [-0.15, -0.1) is 0 Å². The monoisotopic (exact) mass is 253 g/mol. The molecule has 1 nitrogen and oxygen atoms in total. The molecule has 0 saturated carbocycles. The molecule has 0 heterocycles. The second-order valence-electron chi connectivity index (χ2n) is 5.38. The van der Waals surface area contributed by atoms with E-state index in [2.05, 4.69) is 45.1 Å². The van der Waals surface area contributed by atoms with Gasteiger partial charge in [0.1, 0.15) is 0 Å². The summed E-state index contributed by atoms with van der Waals surface area (Å²) in [5, 5.41) is 4.26. The molecule has 0 fully saturated rings. The summed E-state index contributed by atoms with van der Waals surface area (Å²) in [6.45, 7) is 9.19. The van der Waals surface area contributed by atoms with E-state index in [9.17, 15) is 0 Å². The second kappa shape index (κ2) is 6.42. The molecule has 0 aliphatic carbocycles. The first-order valence-electron chi connectivity index (χ1n) is 6.40. The van der Waals surface area contributed by atoms with Crippen molar-refractivity contribution in [3.05, 3.63) is 34.9 Å². The highest BCUT2D eigenvalue weighted by Gasteiger charge is 2.27. The molecule has 0 radical (unpaired) electrons. The van der Waals surface area contributed by atoms with Crippen LogP contribution in [0.5, 0.6) is 0 Å². The van der Waals surface area contributed by atoms with Gasteiger partial charge < -0.3 is 5.32 Å².